The van der Waals surface area contributed by atoms with Gasteiger partial charge in [-0.25, -0.2) is 0 Å². The fraction of sp³-hybridized carbons (Fsp3) is 0.333. The molecule has 0 saturated carbocycles. The van der Waals surface area contributed by atoms with Gasteiger partial charge in [0.05, 0.1) is 16.0 Å². The molecule has 0 aromatic heterocycles. The average Bonchev–Trinajstić information content (AvgIpc) is 2.84. The van der Waals surface area contributed by atoms with E-state index in [1.165, 1.54) is 44.2 Å². The summed E-state index contributed by atoms with van der Waals surface area (Å²) in [5, 5.41) is 1.67. The monoisotopic (exact) mass is 511 g/mol. The quantitative estimate of drug-likeness (QED) is 0.166. The molecule has 3 aromatic carbocycles. The van der Waals surface area contributed by atoms with Crippen molar-refractivity contribution in [1.82, 2.24) is 5.06 Å². The van der Waals surface area contributed by atoms with Gasteiger partial charge in [0.15, 0.2) is 0 Å². The van der Waals surface area contributed by atoms with Gasteiger partial charge < -0.3 is 0 Å². The SMILES string of the molecule is CCCCCCCCSc1cc2c3c(cccc3c1)C(=O)N(OS(=O)(=O)c1ccc(C)cc1)C2=O. The lowest BCUT2D eigenvalue weighted by Gasteiger charge is -2.25. The van der Waals surface area contributed by atoms with Gasteiger partial charge in [-0.15, -0.1) is 21.1 Å². The average molecular weight is 512 g/mol. The highest BCUT2D eigenvalue weighted by molar-refractivity contribution is 7.99. The molecule has 0 aliphatic carbocycles. The van der Waals surface area contributed by atoms with Crippen LogP contribution < -0.4 is 0 Å². The van der Waals surface area contributed by atoms with Gasteiger partial charge in [0.25, 0.3) is 11.8 Å². The topological polar surface area (TPSA) is 80.8 Å². The molecule has 0 unspecified atom stereocenters. The minimum atomic E-state index is -4.37. The zero-order valence-corrected chi connectivity index (χ0v) is 21.6. The summed E-state index contributed by atoms with van der Waals surface area (Å²) in [5.74, 6) is -0.654. The van der Waals surface area contributed by atoms with Crippen molar-refractivity contribution in [2.24, 2.45) is 0 Å². The van der Waals surface area contributed by atoms with E-state index in [-0.39, 0.29) is 16.0 Å². The molecular formula is C27H29NO5S2. The highest BCUT2D eigenvalue weighted by Crippen LogP contribution is 2.35. The van der Waals surface area contributed by atoms with Crippen LogP contribution in [0.2, 0.25) is 0 Å². The maximum atomic E-state index is 13.3. The van der Waals surface area contributed by atoms with Crippen molar-refractivity contribution >= 4 is 44.5 Å². The highest BCUT2D eigenvalue weighted by atomic mass is 32.2. The van der Waals surface area contributed by atoms with Crippen molar-refractivity contribution in [3.8, 4) is 0 Å². The van der Waals surface area contributed by atoms with E-state index in [1.54, 1.807) is 42.1 Å². The number of amides is 2. The molecule has 0 atom stereocenters. The number of hydroxylamine groups is 2. The Balaban J connectivity index is 1.57. The summed E-state index contributed by atoms with van der Waals surface area (Å²) in [6.07, 6.45) is 7.22. The molecule has 0 N–H and O–H groups in total. The number of aryl methyl sites for hydroxylation is 1. The first-order valence-corrected chi connectivity index (χ1v) is 14.3. The van der Waals surface area contributed by atoms with Crippen LogP contribution in [-0.2, 0) is 14.4 Å². The van der Waals surface area contributed by atoms with Crippen LogP contribution in [0.25, 0.3) is 10.8 Å². The second-order valence-corrected chi connectivity index (χ2v) is 11.4. The minimum Gasteiger partial charge on any atom is -0.266 e. The van der Waals surface area contributed by atoms with Crippen molar-refractivity contribution in [1.29, 1.82) is 0 Å². The van der Waals surface area contributed by atoms with Crippen LogP contribution in [0.3, 0.4) is 0 Å². The number of thioether (sulfide) groups is 1. The number of hydrogen-bond donors (Lipinski definition) is 0. The fourth-order valence-corrected chi connectivity index (χ4v) is 6.01. The molecule has 2 amide bonds. The summed E-state index contributed by atoms with van der Waals surface area (Å²) in [5.41, 5.74) is 1.38. The molecule has 1 aliphatic rings. The van der Waals surface area contributed by atoms with Crippen molar-refractivity contribution in [3.63, 3.8) is 0 Å². The second-order valence-electron chi connectivity index (χ2n) is 8.74. The molecule has 35 heavy (non-hydrogen) atoms. The van der Waals surface area contributed by atoms with Crippen LogP contribution in [0.5, 0.6) is 0 Å². The van der Waals surface area contributed by atoms with E-state index >= 15 is 0 Å². The van der Waals surface area contributed by atoms with Crippen LogP contribution in [0.15, 0.2) is 64.4 Å². The van der Waals surface area contributed by atoms with Crippen LogP contribution in [0, 0.1) is 6.92 Å². The predicted molar refractivity (Wildman–Crippen MR) is 138 cm³/mol. The van der Waals surface area contributed by atoms with Gasteiger partial charge in [-0.3, -0.25) is 9.59 Å². The van der Waals surface area contributed by atoms with Crippen molar-refractivity contribution in [3.05, 3.63) is 71.3 Å². The third-order valence-corrected chi connectivity index (χ3v) is 8.29. The Morgan fingerprint density at radius 2 is 1.54 bits per heavy atom. The smallest absolute Gasteiger partial charge is 0.266 e. The Morgan fingerprint density at radius 3 is 2.29 bits per heavy atom. The van der Waals surface area contributed by atoms with E-state index in [0.717, 1.165) is 28.0 Å². The Kier molecular flexibility index (Phi) is 7.94. The zero-order valence-electron chi connectivity index (χ0n) is 20.0. The number of carbonyl (C=O) groups excluding carboxylic acids is 2. The number of benzene rings is 3. The number of unbranched alkanes of at least 4 members (excludes halogenated alkanes) is 5. The van der Waals surface area contributed by atoms with Crippen LogP contribution in [0.1, 0.15) is 71.7 Å². The maximum Gasteiger partial charge on any atom is 0.318 e. The van der Waals surface area contributed by atoms with Gasteiger partial charge in [0.2, 0.25) is 0 Å². The first-order chi connectivity index (χ1) is 16.8. The molecule has 0 saturated heterocycles. The molecule has 6 nitrogen and oxygen atoms in total. The number of hydrogen-bond acceptors (Lipinski definition) is 6. The van der Waals surface area contributed by atoms with E-state index in [9.17, 15) is 18.0 Å². The molecule has 0 bridgehead atoms. The van der Waals surface area contributed by atoms with Crippen LogP contribution in [0.4, 0.5) is 0 Å². The molecule has 1 aliphatic heterocycles. The molecular weight excluding hydrogens is 482 g/mol. The summed E-state index contributed by atoms with van der Waals surface area (Å²) in [6.45, 7) is 4.03. The van der Waals surface area contributed by atoms with E-state index in [4.69, 9.17) is 4.28 Å². The van der Waals surface area contributed by atoms with Gasteiger partial charge >= 0.3 is 10.1 Å². The normalized spacial score (nSPS) is 13.6. The number of carbonyl (C=O) groups is 2. The Bertz CT molecular complexity index is 1350. The lowest BCUT2D eigenvalue weighted by atomic mass is 9.95. The second kappa shape index (κ2) is 10.9. The Hall–Kier alpha value is -2.68. The molecule has 3 aromatic rings. The highest BCUT2D eigenvalue weighted by Gasteiger charge is 2.38. The van der Waals surface area contributed by atoms with Gasteiger partial charge in [-0.1, -0.05) is 68.9 Å². The molecule has 184 valence electrons. The van der Waals surface area contributed by atoms with Gasteiger partial charge in [0, 0.05) is 10.3 Å². The Labute approximate surface area is 210 Å². The molecule has 1 heterocycles. The number of imide groups is 1. The zero-order chi connectivity index (χ0) is 25.0. The lowest BCUT2D eigenvalue weighted by molar-refractivity contribution is -0.0155. The van der Waals surface area contributed by atoms with Gasteiger partial charge in [-0.2, -0.15) is 8.42 Å². The Morgan fingerprint density at radius 1 is 0.857 bits per heavy atom. The summed E-state index contributed by atoms with van der Waals surface area (Å²) in [6, 6.07) is 14.9. The molecule has 8 heteroatoms. The van der Waals surface area contributed by atoms with E-state index in [0.29, 0.717) is 10.4 Å². The summed E-state index contributed by atoms with van der Waals surface area (Å²) >= 11 is 1.66. The third-order valence-electron chi connectivity index (χ3n) is 6.03. The standard InChI is InChI=1S/C27H29NO5S2/c1-3-4-5-6-7-8-16-34-21-17-20-10-9-11-23-25(20)24(18-21)27(30)28(26(23)29)33-35(31,32)22-14-12-19(2)13-15-22/h9-15,17-18H,3-8,16H2,1-2H3. The summed E-state index contributed by atoms with van der Waals surface area (Å²) < 4.78 is 30.7. The molecule has 0 spiro atoms. The molecule has 0 fully saturated rings. The van der Waals surface area contributed by atoms with E-state index in [1.807, 2.05) is 19.1 Å². The summed E-state index contributed by atoms with van der Waals surface area (Å²) in [7, 11) is -4.37. The maximum absolute atomic E-state index is 13.3. The van der Waals surface area contributed by atoms with Crippen LogP contribution in [-0.4, -0.2) is 31.0 Å². The van der Waals surface area contributed by atoms with E-state index in [2.05, 4.69) is 6.92 Å². The molecule has 4 rings (SSSR count). The first kappa shape index (κ1) is 25.4. The van der Waals surface area contributed by atoms with Gasteiger partial charge in [-0.05, 0) is 54.8 Å². The third kappa shape index (κ3) is 5.60. The summed E-state index contributed by atoms with van der Waals surface area (Å²) in [4.78, 5) is 27.2. The lowest BCUT2D eigenvalue weighted by Crippen LogP contribution is -2.41. The van der Waals surface area contributed by atoms with Crippen LogP contribution >= 0.6 is 11.8 Å². The first-order valence-electron chi connectivity index (χ1n) is 11.9. The number of rotatable bonds is 11. The number of nitrogens with zero attached hydrogens (tertiary/aromatic N) is 1. The van der Waals surface area contributed by atoms with Gasteiger partial charge in [0.1, 0.15) is 0 Å². The molecule has 0 radical (unpaired) electrons. The van der Waals surface area contributed by atoms with Crippen molar-refractivity contribution in [2.45, 2.75) is 62.2 Å². The minimum absolute atomic E-state index is 0.129. The fourth-order valence-electron chi connectivity index (χ4n) is 4.13. The van der Waals surface area contributed by atoms with E-state index < -0.39 is 21.9 Å². The van der Waals surface area contributed by atoms with Crippen molar-refractivity contribution in [2.75, 3.05) is 5.75 Å². The van der Waals surface area contributed by atoms with Crippen molar-refractivity contribution < 1.29 is 22.3 Å². The largest absolute Gasteiger partial charge is 0.318 e. The predicted octanol–water partition coefficient (Wildman–Crippen LogP) is 6.52.